The summed E-state index contributed by atoms with van der Waals surface area (Å²) in [5.41, 5.74) is 0. The molecule has 1 rings (SSSR count). The second-order valence-corrected chi connectivity index (χ2v) is 4.54. The van der Waals surface area contributed by atoms with Crippen molar-refractivity contribution >= 4 is 11.9 Å². The predicted molar refractivity (Wildman–Crippen MR) is 62.7 cm³/mol. The molecular formula is C12H21NO4. The van der Waals surface area contributed by atoms with Gasteiger partial charge in [-0.25, -0.2) is 4.79 Å². The Labute approximate surface area is 102 Å². The van der Waals surface area contributed by atoms with Crippen molar-refractivity contribution in [3.63, 3.8) is 0 Å². The van der Waals surface area contributed by atoms with Crippen LogP contribution in [-0.4, -0.2) is 48.2 Å². The summed E-state index contributed by atoms with van der Waals surface area (Å²) in [5, 5.41) is 8.40. The van der Waals surface area contributed by atoms with Crippen LogP contribution in [0.5, 0.6) is 0 Å². The van der Waals surface area contributed by atoms with Crippen molar-refractivity contribution in [2.45, 2.75) is 44.6 Å². The van der Waals surface area contributed by atoms with Gasteiger partial charge in [-0.05, 0) is 12.8 Å². The molecule has 0 radical (unpaired) electrons. The average molecular weight is 243 g/mol. The number of carboxylic acid groups (broad SMARTS) is 1. The van der Waals surface area contributed by atoms with Crippen LogP contribution in [0.25, 0.3) is 0 Å². The van der Waals surface area contributed by atoms with Crippen molar-refractivity contribution in [3.05, 3.63) is 0 Å². The number of aliphatic carboxylic acids is 1. The van der Waals surface area contributed by atoms with E-state index in [0.29, 0.717) is 6.04 Å². The number of carboxylic acids is 1. The summed E-state index contributed by atoms with van der Waals surface area (Å²) < 4.78 is 4.81. The standard InChI is InChI=1S/C12H21NO4/c1-13(10-6-4-2-3-5-7-10)11(14)8-17-9-12(15)16/h10H,2-9H2,1H3,(H,15,16). The number of likely N-dealkylation sites (N-methyl/N-ethyl adjacent to an activating group) is 1. The number of nitrogens with zero attached hydrogens (tertiary/aromatic N) is 1. The molecule has 5 heteroatoms. The van der Waals surface area contributed by atoms with E-state index in [9.17, 15) is 9.59 Å². The number of carbonyl (C=O) groups excluding carboxylic acids is 1. The molecule has 0 heterocycles. The zero-order valence-electron chi connectivity index (χ0n) is 10.4. The van der Waals surface area contributed by atoms with Gasteiger partial charge in [-0.2, -0.15) is 0 Å². The summed E-state index contributed by atoms with van der Waals surface area (Å²) >= 11 is 0. The fourth-order valence-corrected chi connectivity index (χ4v) is 2.18. The topological polar surface area (TPSA) is 66.8 Å². The lowest BCUT2D eigenvalue weighted by Gasteiger charge is -2.27. The predicted octanol–water partition coefficient (Wildman–Crippen LogP) is 1.27. The number of hydrogen-bond acceptors (Lipinski definition) is 3. The maximum atomic E-state index is 11.7. The third-order valence-electron chi connectivity index (χ3n) is 3.22. The average Bonchev–Trinajstić information content (AvgIpc) is 2.55. The second kappa shape index (κ2) is 7.27. The fraction of sp³-hybridized carbons (Fsp3) is 0.833. The van der Waals surface area contributed by atoms with Gasteiger partial charge in [0.25, 0.3) is 0 Å². The first kappa shape index (κ1) is 14.0. The second-order valence-electron chi connectivity index (χ2n) is 4.54. The molecule has 0 aromatic heterocycles. The van der Waals surface area contributed by atoms with E-state index in [1.165, 1.54) is 12.8 Å². The number of rotatable bonds is 5. The minimum atomic E-state index is -1.05. The van der Waals surface area contributed by atoms with Gasteiger partial charge in [0.2, 0.25) is 5.91 Å². The van der Waals surface area contributed by atoms with Crippen LogP contribution in [0, 0.1) is 0 Å². The number of hydrogen-bond donors (Lipinski definition) is 1. The van der Waals surface area contributed by atoms with Gasteiger partial charge < -0.3 is 14.7 Å². The molecule has 1 amide bonds. The minimum absolute atomic E-state index is 0.127. The van der Waals surface area contributed by atoms with Crippen molar-refractivity contribution in [1.29, 1.82) is 0 Å². The molecule has 0 bridgehead atoms. The van der Waals surface area contributed by atoms with Gasteiger partial charge in [0, 0.05) is 13.1 Å². The van der Waals surface area contributed by atoms with E-state index in [0.717, 1.165) is 25.7 Å². The highest BCUT2D eigenvalue weighted by molar-refractivity contribution is 5.78. The molecule has 0 aliphatic heterocycles. The van der Waals surface area contributed by atoms with Gasteiger partial charge in [-0.15, -0.1) is 0 Å². The molecular weight excluding hydrogens is 222 g/mol. The molecule has 1 fully saturated rings. The minimum Gasteiger partial charge on any atom is -0.480 e. The van der Waals surface area contributed by atoms with E-state index in [1.54, 1.807) is 11.9 Å². The lowest BCUT2D eigenvalue weighted by Crippen LogP contribution is -2.39. The molecule has 98 valence electrons. The van der Waals surface area contributed by atoms with E-state index in [2.05, 4.69) is 0 Å². The number of carbonyl (C=O) groups is 2. The monoisotopic (exact) mass is 243 g/mol. The largest absolute Gasteiger partial charge is 0.480 e. The molecule has 0 aromatic carbocycles. The van der Waals surface area contributed by atoms with Gasteiger partial charge in [0.15, 0.2) is 0 Å². The molecule has 1 aliphatic rings. The highest BCUT2D eigenvalue weighted by Gasteiger charge is 2.21. The molecule has 1 saturated carbocycles. The smallest absolute Gasteiger partial charge is 0.329 e. The van der Waals surface area contributed by atoms with Crippen molar-refractivity contribution < 1.29 is 19.4 Å². The zero-order chi connectivity index (χ0) is 12.7. The van der Waals surface area contributed by atoms with Crippen LogP contribution >= 0.6 is 0 Å². The Balaban J connectivity index is 2.31. The van der Waals surface area contributed by atoms with Crippen LogP contribution in [0.4, 0.5) is 0 Å². The van der Waals surface area contributed by atoms with Gasteiger partial charge in [0.1, 0.15) is 13.2 Å². The summed E-state index contributed by atoms with van der Waals surface area (Å²) in [7, 11) is 1.78. The molecule has 1 aliphatic carbocycles. The Morgan fingerprint density at radius 2 is 1.76 bits per heavy atom. The van der Waals surface area contributed by atoms with Crippen molar-refractivity contribution in [2.24, 2.45) is 0 Å². The van der Waals surface area contributed by atoms with Gasteiger partial charge in [0.05, 0.1) is 0 Å². The Hall–Kier alpha value is -1.10. The lowest BCUT2D eigenvalue weighted by molar-refractivity contribution is -0.146. The quantitative estimate of drug-likeness (QED) is 0.738. The molecule has 0 unspecified atom stereocenters. The van der Waals surface area contributed by atoms with Crippen LogP contribution in [0.15, 0.2) is 0 Å². The van der Waals surface area contributed by atoms with Crippen LogP contribution < -0.4 is 0 Å². The number of amides is 1. The van der Waals surface area contributed by atoms with Crippen LogP contribution in [-0.2, 0) is 14.3 Å². The Morgan fingerprint density at radius 3 is 2.29 bits per heavy atom. The molecule has 5 nitrogen and oxygen atoms in total. The normalized spacial score (nSPS) is 17.5. The van der Waals surface area contributed by atoms with E-state index < -0.39 is 12.6 Å². The molecule has 0 saturated heterocycles. The Kier molecular flexibility index (Phi) is 5.97. The highest BCUT2D eigenvalue weighted by Crippen LogP contribution is 2.20. The third-order valence-corrected chi connectivity index (χ3v) is 3.22. The first-order valence-electron chi connectivity index (χ1n) is 6.16. The van der Waals surface area contributed by atoms with Crippen molar-refractivity contribution in [1.82, 2.24) is 4.90 Å². The van der Waals surface area contributed by atoms with Crippen LogP contribution in [0.2, 0.25) is 0 Å². The first-order valence-corrected chi connectivity index (χ1v) is 6.16. The summed E-state index contributed by atoms with van der Waals surface area (Å²) in [5.74, 6) is -1.17. The van der Waals surface area contributed by atoms with E-state index in [-0.39, 0.29) is 12.5 Å². The summed E-state index contributed by atoms with van der Waals surface area (Å²) in [6.07, 6.45) is 6.90. The summed E-state index contributed by atoms with van der Waals surface area (Å²) in [6.45, 7) is -0.552. The summed E-state index contributed by atoms with van der Waals surface area (Å²) in [4.78, 5) is 23.7. The Bertz CT molecular complexity index is 259. The van der Waals surface area contributed by atoms with E-state index in [1.807, 2.05) is 0 Å². The van der Waals surface area contributed by atoms with E-state index >= 15 is 0 Å². The van der Waals surface area contributed by atoms with Gasteiger partial charge in [-0.3, -0.25) is 4.79 Å². The summed E-state index contributed by atoms with van der Waals surface area (Å²) in [6, 6.07) is 0.290. The Morgan fingerprint density at radius 1 is 1.18 bits per heavy atom. The van der Waals surface area contributed by atoms with Crippen molar-refractivity contribution in [2.75, 3.05) is 20.3 Å². The highest BCUT2D eigenvalue weighted by atomic mass is 16.5. The van der Waals surface area contributed by atoms with E-state index in [4.69, 9.17) is 9.84 Å². The maximum absolute atomic E-state index is 11.7. The zero-order valence-corrected chi connectivity index (χ0v) is 10.4. The lowest BCUT2D eigenvalue weighted by atomic mass is 10.1. The fourth-order valence-electron chi connectivity index (χ4n) is 2.18. The van der Waals surface area contributed by atoms with Crippen LogP contribution in [0.3, 0.4) is 0 Å². The molecule has 0 spiro atoms. The maximum Gasteiger partial charge on any atom is 0.329 e. The van der Waals surface area contributed by atoms with Gasteiger partial charge in [-0.1, -0.05) is 25.7 Å². The SMILES string of the molecule is CN(C(=O)COCC(=O)O)C1CCCCCC1. The van der Waals surface area contributed by atoms with Crippen LogP contribution in [0.1, 0.15) is 38.5 Å². The number of ether oxygens (including phenoxy) is 1. The van der Waals surface area contributed by atoms with Crippen molar-refractivity contribution in [3.8, 4) is 0 Å². The first-order chi connectivity index (χ1) is 8.11. The molecule has 0 aromatic rings. The van der Waals surface area contributed by atoms with Gasteiger partial charge >= 0.3 is 5.97 Å². The molecule has 17 heavy (non-hydrogen) atoms. The molecule has 1 N–H and O–H groups in total. The molecule has 0 atom stereocenters. The third kappa shape index (κ3) is 5.17.